The Morgan fingerprint density at radius 1 is 1.24 bits per heavy atom. The summed E-state index contributed by atoms with van der Waals surface area (Å²) in [6.45, 7) is 0.712. The Kier molecular flexibility index (Phi) is 4.57. The zero-order valence-corrected chi connectivity index (χ0v) is 14.6. The van der Waals surface area contributed by atoms with Crippen molar-refractivity contribution in [1.29, 1.82) is 0 Å². The second kappa shape index (κ2) is 7.15. The van der Waals surface area contributed by atoms with Crippen molar-refractivity contribution in [2.24, 2.45) is 0 Å². The number of thioether (sulfide) groups is 1. The van der Waals surface area contributed by atoms with Crippen molar-refractivity contribution in [2.45, 2.75) is 23.9 Å². The van der Waals surface area contributed by atoms with Gasteiger partial charge >= 0.3 is 0 Å². The number of carbonyl (C=O) groups is 1. The highest BCUT2D eigenvalue weighted by molar-refractivity contribution is 7.99. The van der Waals surface area contributed by atoms with E-state index in [9.17, 15) is 4.79 Å². The maximum absolute atomic E-state index is 12.7. The number of hydrogen-bond donors (Lipinski definition) is 1. The zero-order valence-electron chi connectivity index (χ0n) is 13.8. The second-order valence-corrected chi connectivity index (χ2v) is 7.27. The largest absolute Gasteiger partial charge is 0.345 e. The second-order valence-electron chi connectivity index (χ2n) is 6.14. The fraction of sp³-hybridized carbons (Fsp3) is 0.200. The molecule has 0 spiro atoms. The summed E-state index contributed by atoms with van der Waals surface area (Å²) >= 11 is 1.86. The van der Waals surface area contributed by atoms with Crippen LogP contribution in [-0.2, 0) is 6.54 Å². The molecule has 0 aliphatic carbocycles. The van der Waals surface area contributed by atoms with Crippen LogP contribution in [0.4, 0.5) is 0 Å². The molecule has 0 saturated carbocycles. The van der Waals surface area contributed by atoms with Crippen LogP contribution in [0.1, 0.15) is 33.9 Å². The number of benzene rings is 2. The highest BCUT2D eigenvalue weighted by atomic mass is 32.2. The molecule has 4 nitrogen and oxygen atoms in total. The highest BCUT2D eigenvalue weighted by Crippen LogP contribution is 2.35. The van der Waals surface area contributed by atoms with E-state index in [2.05, 4.69) is 28.5 Å². The lowest BCUT2D eigenvalue weighted by Gasteiger charge is -2.26. The topological polar surface area (TPSA) is 46.9 Å². The molecule has 0 radical (unpaired) electrons. The van der Waals surface area contributed by atoms with Crippen LogP contribution in [0.5, 0.6) is 0 Å². The van der Waals surface area contributed by atoms with Crippen molar-refractivity contribution in [2.75, 3.05) is 5.75 Å². The van der Waals surface area contributed by atoms with Crippen LogP contribution in [0.3, 0.4) is 0 Å². The zero-order chi connectivity index (χ0) is 17.1. The summed E-state index contributed by atoms with van der Waals surface area (Å²) in [6.07, 6.45) is 6.42. The Bertz CT molecular complexity index is 876. The summed E-state index contributed by atoms with van der Waals surface area (Å²) in [5.74, 6) is 1.02. The van der Waals surface area contributed by atoms with Crippen molar-refractivity contribution in [3.05, 3.63) is 83.9 Å². The SMILES string of the molecule is O=C(N[C@@H]1CCSc2ccccc21)c1cccc(Cn2ccnc2)c1. The van der Waals surface area contributed by atoms with E-state index in [1.54, 1.807) is 12.5 Å². The van der Waals surface area contributed by atoms with Gasteiger partial charge in [0.25, 0.3) is 5.91 Å². The van der Waals surface area contributed by atoms with Crippen LogP contribution >= 0.6 is 11.8 Å². The predicted molar refractivity (Wildman–Crippen MR) is 99.8 cm³/mol. The molecule has 3 aromatic rings. The Labute approximate surface area is 151 Å². The van der Waals surface area contributed by atoms with Crippen LogP contribution in [0.2, 0.25) is 0 Å². The van der Waals surface area contributed by atoms with Gasteiger partial charge in [0, 0.05) is 35.2 Å². The molecule has 1 atom stereocenters. The number of amides is 1. The van der Waals surface area contributed by atoms with Crippen molar-refractivity contribution in [3.63, 3.8) is 0 Å². The number of carbonyl (C=O) groups excluding carboxylic acids is 1. The van der Waals surface area contributed by atoms with E-state index in [0.29, 0.717) is 12.1 Å². The molecular weight excluding hydrogens is 330 g/mol. The fourth-order valence-corrected chi connectivity index (χ4v) is 4.26. The van der Waals surface area contributed by atoms with Crippen LogP contribution in [-0.4, -0.2) is 21.2 Å². The molecule has 0 unspecified atom stereocenters. The van der Waals surface area contributed by atoms with Gasteiger partial charge in [-0.2, -0.15) is 0 Å². The monoisotopic (exact) mass is 349 g/mol. The van der Waals surface area contributed by atoms with E-state index in [0.717, 1.165) is 17.7 Å². The smallest absolute Gasteiger partial charge is 0.251 e. The van der Waals surface area contributed by atoms with Gasteiger partial charge in [0.05, 0.1) is 12.4 Å². The normalized spacial score (nSPS) is 16.2. The summed E-state index contributed by atoms with van der Waals surface area (Å²) in [5, 5.41) is 3.21. The van der Waals surface area contributed by atoms with Crippen molar-refractivity contribution >= 4 is 17.7 Å². The van der Waals surface area contributed by atoms with Gasteiger partial charge in [-0.1, -0.05) is 30.3 Å². The van der Waals surface area contributed by atoms with Gasteiger partial charge < -0.3 is 9.88 Å². The summed E-state index contributed by atoms with van der Waals surface area (Å²) in [6, 6.07) is 16.2. The number of nitrogens with one attached hydrogen (secondary N) is 1. The van der Waals surface area contributed by atoms with Gasteiger partial charge in [-0.05, 0) is 35.7 Å². The number of hydrogen-bond acceptors (Lipinski definition) is 3. The molecule has 0 saturated heterocycles. The number of aromatic nitrogens is 2. The average Bonchev–Trinajstić information content (AvgIpc) is 3.15. The summed E-state index contributed by atoms with van der Waals surface area (Å²) in [7, 11) is 0. The minimum absolute atomic E-state index is 0.0146. The number of nitrogens with zero attached hydrogens (tertiary/aromatic N) is 2. The third-order valence-electron chi connectivity index (χ3n) is 4.38. The maximum Gasteiger partial charge on any atom is 0.251 e. The molecule has 1 aromatic heterocycles. The molecule has 4 rings (SSSR count). The third-order valence-corrected chi connectivity index (χ3v) is 5.50. The maximum atomic E-state index is 12.7. The van der Waals surface area contributed by atoms with Gasteiger partial charge in [-0.25, -0.2) is 4.98 Å². The fourth-order valence-electron chi connectivity index (χ4n) is 3.14. The molecule has 1 N–H and O–H groups in total. The van der Waals surface area contributed by atoms with E-state index in [1.807, 2.05) is 52.9 Å². The number of imidazole rings is 1. The van der Waals surface area contributed by atoms with E-state index in [4.69, 9.17) is 0 Å². The van der Waals surface area contributed by atoms with Gasteiger partial charge in [0.2, 0.25) is 0 Å². The molecule has 1 amide bonds. The first-order chi connectivity index (χ1) is 12.3. The highest BCUT2D eigenvalue weighted by Gasteiger charge is 2.22. The lowest BCUT2D eigenvalue weighted by atomic mass is 10.0. The molecule has 1 aliphatic rings. The standard InChI is InChI=1S/C20H19N3OS/c24-20(22-18-8-11-25-19-7-2-1-6-17(18)19)16-5-3-4-15(12-16)13-23-10-9-21-14-23/h1-7,9-10,12,14,18H,8,11,13H2,(H,22,24)/t18-/m1/s1. The van der Waals surface area contributed by atoms with Gasteiger partial charge in [-0.15, -0.1) is 11.8 Å². The van der Waals surface area contributed by atoms with Crippen LogP contribution in [0.15, 0.2) is 72.1 Å². The molecule has 1 aliphatic heterocycles. The predicted octanol–water partition coefficient (Wildman–Crippen LogP) is 3.90. The first-order valence-corrected chi connectivity index (χ1v) is 9.35. The van der Waals surface area contributed by atoms with Crippen molar-refractivity contribution in [3.8, 4) is 0 Å². The van der Waals surface area contributed by atoms with E-state index in [-0.39, 0.29) is 11.9 Å². The summed E-state index contributed by atoms with van der Waals surface area (Å²) < 4.78 is 1.99. The molecule has 0 bridgehead atoms. The molecule has 2 aromatic carbocycles. The Hall–Kier alpha value is -2.53. The van der Waals surface area contributed by atoms with Gasteiger partial charge in [-0.3, -0.25) is 4.79 Å². The lowest BCUT2D eigenvalue weighted by Crippen LogP contribution is -2.30. The lowest BCUT2D eigenvalue weighted by molar-refractivity contribution is 0.0935. The Morgan fingerprint density at radius 2 is 2.16 bits per heavy atom. The van der Waals surface area contributed by atoms with Gasteiger partial charge in [0.1, 0.15) is 0 Å². The quantitative estimate of drug-likeness (QED) is 0.777. The van der Waals surface area contributed by atoms with E-state index < -0.39 is 0 Å². The molecule has 0 fully saturated rings. The molecule has 2 heterocycles. The van der Waals surface area contributed by atoms with Crippen molar-refractivity contribution in [1.82, 2.24) is 14.9 Å². The number of fused-ring (bicyclic) bond motifs is 1. The van der Waals surface area contributed by atoms with E-state index in [1.165, 1.54) is 10.5 Å². The van der Waals surface area contributed by atoms with E-state index >= 15 is 0 Å². The molecule has 25 heavy (non-hydrogen) atoms. The third kappa shape index (κ3) is 3.61. The average molecular weight is 349 g/mol. The molecule has 126 valence electrons. The first kappa shape index (κ1) is 16.0. The van der Waals surface area contributed by atoms with Gasteiger partial charge in [0.15, 0.2) is 0 Å². The minimum atomic E-state index is -0.0146. The van der Waals surface area contributed by atoms with Crippen LogP contribution in [0, 0.1) is 0 Å². The Morgan fingerprint density at radius 3 is 3.04 bits per heavy atom. The summed E-state index contributed by atoms with van der Waals surface area (Å²) in [5.41, 5.74) is 3.01. The number of rotatable bonds is 4. The Balaban J connectivity index is 1.50. The van der Waals surface area contributed by atoms with Crippen LogP contribution < -0.4 is 5.32 Å². The first-order valence-electron chi connectivity index (χ1n) is 8.37. The molecular formula is C20H19N3OS. The molecule has 5 heteroatoms. The summed E-state index contributed by atoms with van der Waals surface area (Å²) in [4.78, 5) is 18.1. The minimum Gasteiger partial charge on any atom is -0.345 e. The van der Waals surface area contributed by atoms with Crippen molar-refractivity contribution < 1.29 is 4.79 Å². The van der Waals surface area contributed by atoms with Crippen LogP contribution in [0.25, 0.3) is 0 Å².